The SMILES string of the molecule is [Hf].[Hf].[O-2].[O-2].[O-2].[O-2].[O-2].[Ta+5].[Ta+5]. The van der Waals surface area contributed by atoms with Crippen LogP contribution in [-0.2, 0) is 124 Å². The Morgan fingerprint density at radius 1 is 0.333 bits per heavy atom. The van der Waals surface area contributed by atoms with Gasteiger partial charge < -0.3 is 27.4 Å². The summed E-state index contributed by atoms with van der Waals surface area (Å²) in [4.78, 5) is 0. The van der Waals surface area contributed by atoms with Gasteiger partial charge in [-0.2, -0.15) is 0 Å². The van der Waals surface area contributed by atoms with E-state index in [4.69, 9.17) is 0 Å². The van der Waals surface area contributed by atoms with E-state index in [-0.39, 0.29) is 124 Å². The van der Waals surface area contributed by atoms with Crippen LogP contribution < -0.4 is 0 Å². The molecule has 9 heavy (non-hydrogen) atoms. The van der Waals surface area contributed by atoms with Crippen molar-refractivity contribution in [3.05, 3.63) is 0 Å². The minimum Gasteiger partial charge on any atom is -2.00 e. The van der Waals surface area contributed by atoms with Crippen molar-refractivity contribution in [1.29, 1.82) is 0 Å². The molecule has 0 radical (unpaired) electrons. The molecule has 0 N–H and O–H groups in total. The summed E-state index contributed by atoms with van der Waals surface area (Å²) >= 11 is 0. The van der Waals surface area contributed by atoms with Crippen LogP contribution in [0.15, 0.2) is 0 Å². The van der Waals surface area contributed by atoms with E-state index >= 15 is 0 Å². The molecule has 0 spiro atoms. The standard InChI is InChI=1S/2Hf.5O.2Ta/q;;5*-2;2*+5. The third kappa shape index (κ3) is 98.3. The van der Waals surface area contributed by atoms with E-state index in [9.17, 15) is 0 Å². The molecule has 0 atom stereocenters. The molecule has 0 aliphatic heterocycles. The maximum atomic E-state index is 0. The zero-order chi connectivity index (χ0) is 0. The van der Waals surface area contributed by atoms with Crippen molar-refractivity contribution >= 4 is 0 Å². The van der Waals surface area contributed by atoms with Gasteiger partial charge in [-0.25, -0.2) is 0 Å². The fourth-order valence-corrected chi connectivity index (χ4v) is 0. The summed E-state index contributed by atoms with van der Waals surface area (Å²) < 4.78 is 0. The van der Waals surface area contributed by atoms with E-state index in [1.54, 1.807) is 0 Å². The predicted molar refractivity (Wildman–Crippen MR) is 3.43 cm³/mol. The van der Waals surface area contributed by atoms with Crippen molar-refractivity contribution in [2.45, 2.75) is 0 Å². The van der Waals surface area contributed by atoms with Crippen LogP contribution in [0.3, 0.4) is 0 Å². The van der Waals surface area contributed by atoms with Crippen molar-refractivity contribution < 1.29 is 124 Å². The van der Waals surface area contributed by atoms with Crippen LogP contribution in [0.25, 0.3) is 0 Å². The van der Waals surface area contributed by atoms with Gasteiger partial charge >= 0.3 is 44.8 Å². The third-order valence-corrected chi connectivity index (χ3v) is 0. The van der Waals surface area contributed by atoms with E-state index in [2.05, 4.69) is 0 Å². The Kier molecular flexibility index (Phi) is 2160. The largest absolute Gasteiger partial charge is 5.00 e. The van der Waals surface area contributed by atoms with Crippen molar-refractivity contribution in [3.63, 3.8) is 0 Å². The topological polar surface area (TPSA) is 142 Å². The van der Waals surface area contributed by atoms with E-state index < -0.39 is 0 Å². The fraction of sp³-hybridized carbons (Fsp3) is 0. The van der Waals surface area contributed by atoms with Crippen molar-refractivity contribution in [2.75, 3.05) is 0 Å². The molecular formula is Hf2O5Ta2. The van der Waals surface area contributed by atoms with Gasteiger partial charge in [-0.05, 0) is 0 Å². The fourth-order valence-electron chi connectivity index (χ4n) is 0. The second-order valence-electron chi connectivity index (χ2n) is 0. The number of hydrogen-bond acceptors (Lipinski definition) is 0. The molecule has 0 saturated carbocycles. The maximum absolute atomic E-state index is 0. The summed E-state index contributed by atoms with van der Waals surface area (Å²) in [5, 5.41) is 0. The minimum atomic E-state index is 0. The zero-order valence-electron chi connectivity index (χ0n) is 3.94. The molecule has 48 valence electrons. The molecule has 0 unspecified atom stereocenters. The summed E-state index contributed by atoms with van der Waals surface area (Å²) in [6.07, 6.45) is 0. The molecule has 0 rings (SSSR count). The molecule has 0 aromatic heterocycles. The van der Waals surface area contributed by atoms with E-state index in [1.165, 1.54) is 0 Å². The minimum absolute atomic E-state index is 0. The summed E-state index contributed by atoms with van der Waals surface area (Å²) in [7, 11) is 0. The van der Waals surface area contributed by atoms with Crippen LogP contribution in [-0.4, -0.2) is 0 Å². The summed E-state index contributed by atoms with van der Waals surface area (Å²) in [5.41, 5.74) is 0. The number of hydrogen-bond donors (Lipinski definition) is 0. The Hall–Kier alpha value is 3.02. The summed E-state index contributed by atoms with van der Waals surface area (Å²) in [6.45, 7) is 0. The van der Waals surface area contributed by atoms with Gasteiger partial charge in [-0.1, -0.05) is 0 Å². The van der Waals surface area contributed by atoms with Crippen molar-refractivity contribution in [2.24, 2.45) is 0 Å². The first-order valence-electron chi connectivity index (χ1n) is 0. The summed E-state index contributed by atoms with van der Waals surface area (Å²) in [6, 6.07) is 0. The average molecular weight is 799 g/mol. The first-order valence-corrected chi connectivity index (χ1v) is 0. The quantitative estimate of drug-likeness (QED) is 0.289. The second kappa shape index (κ2) is 121. The van der Waals surface area contributed by atoms with E-state index in [0.717, 1.165) is 0 Å². The molecule has 9 heteroatoms. The molecule has 0 fully saturated rings. The first kappa shape index (κ1) is 160. The van der Waals surface area contributed by atoms with Gasteiger partial charge in [0.2, 0.25) is 0 Å². The van der Waals surface area contributed by atoms with Crippen LogP contribution in [0.1, 0.15) is 0 Å². The van der Waals surface area contributed by atoms with Gasteiger partial charge in [-0.15, -0.1) is 0 Å². The zero-order valence-corrected chi connectivity index (χ0v) is 17.5. The Labute approximate surface area is 122 Å². The average Bonchev–Trinajstić information content (AvgIpc) is 0. The molecule has 0 saturated heterocycles. The van der Waals surface area contributed by atoms with E-state index in [1.807, 2.05) is 0 Å². The van der Waals surface area contributed by atoms with Gasteiger partial charge in [0.05, 0.1) is 0 Å². The van der Waals surface area contributed by atoms with Crippen LogP contribution in [0.2, 0.25) is 0 Å². The molecule has 0 bridgehead atoms. The van der Waals surface area contributed by atoms with E-state index in [0.29, 0.717) is 0 Å². The number of rotatable bonds is 0. The van der Waals surface area contributed by atoms with Crippen LogP contribution in [0.4, 0.5) is 0 Å². The Balaban J connectivity index is 0. The summed E-state index contributed by atoms with van der Waals surface area (Å²) in [5.74, 6) is 0. The molecule has 5 nitrogen and oxygen atoms in total. The van der Waals surface area contributed by atoms with Crippen LogP contribution >= 0.6 is 0 Å². The molecule has 0 aromatic carbocycles. The van der Waals surface area contributed by atoms with Gasteiger partial charge in [-0.3, -0.25) is 0 Å². The van der Waals surface area contributed by atoms with Gasteiger partial charge in [0.25, 0.3) is 0 Å². The Morgan fingerprint density at radius 3 is 0.333 bits per heavy atom. The monoisotopic (exact) mass is 802 g/mol. The molecule has 0 aliphatic rings. The molecule has 0 aliphatic carbocycles. The smallest absolute Gasteiger partial charge is 2.00 e. The molecular weight excluding hydrogens is 799 g/mol. The molecule has 0 aromatic rings. The third-order valence-electron chi connectivity index (χ3n) is 0. The Bertz CT molecular complexity index is 12.9. The van der Waals surface area contributed by atoms with Crippen LogP contribution in [0.5, 0.6) is 0 Å². The van der Waals surface area contributed by atoms with Gasteiger partial charge in [0.15, 0.2) is 0 Å². The van der Waals surface area contributed by atoms with Crippen molar-refractivity contribution in [1.82, 2.24) is 0 Å². The van der Waals surface area contributed by atoms with Crippen molar-refractivity contribution in [3.8, 4) is 0 Å². The molecule has 0 heterocycles. The Morgan fingerprint density at radius 2 is 0.333 bits per heavy atom. The first-order chi connectivity index (χ1) is 0. The maximum Gasteiger partial charge on any atom is 5.00 e. The normalized spacial score (nSPS) is 0. The van der Waals surface area contributed by atoms with Gasteiger partial charge in [0.1, 0.15) is 0 Å². The second-order valence-corrected chi connectivity index (χ2v) is 0. The van der Waals surface area contributed by atoms with Crippen LogP contribution in [0, 0.1) is 0 Å². The van der Waals surface area contributed by atoms with Gasteiger partial charge in [0, 0.05) is 51.7 Å². The predicted octanol–water partition coefficient (Wildman–Crippen LogP) is -0.604. The molecule has 0 amide bonds.